The topological polar surface area (TPSA) is 75.6 Å². The first kappa shape index (κ1) is 12.9. The highest BCUT2D eigenvalue weighted by molar-refractivity contribution is 5.75. The van der Waals surface area contributed by atoms with Crippen LogP contribution in [0.5, 0.6) is 0 Å². The van der Waals surface area contributed by atoms with Gasteiger partial charge in [-0.3, -0.25) is 14.6 Å². The second-order valence-electron chi connectivity index (χ2n) is 5.24. The number of carbonyl (C=O) groups is 1. The van der Waals surface area contributed by atoms with Gasteiger partial charge in [0.05, 0.1) is 17.9 Å². The second-order valence-corrected chi connectivity index (χ2v) is 5.24. The molecule has 2 aromatic rings. The number of hydrogen-bond donors (Lipinski definition) is 2. The molecule has 6 nitrogen and oxygen atoms in total. The van der Waals surface area contributed by atoms with Crippen LogP contribution in [0.2, 0.25) is 0 Å². The molecule has 0 saturated heterocycles. The Morgan fingerprint density at radius 2 is 2.40 bits per heavy atom. The molecule has 106 valence electrons. The van der Waals surface area contributed by atoms with Crippen LogP contribution in [-0.4, -0.2) is 25.9 Å². The molecule has 1 saturated carbocycles. The molecule has 0 spiro atoms. The predicted octanol–water partition coefficient (Wildman–Crippen LogP) is 1.58. The lowest BCUT2D eigenvalue weighted by Gasteiger charge is -2.04. The summed E-state index contributed by atoms with van der Waals surface area (Å²) in [7, 11) is 0. The number of nitrogens with zero attached hydrogens (tertiary/aromatic N) is 3. The molecule has 1 amide bonds. The third-order valence-corrected chi connectivity index (χ3v) is 3.47. The van der Waals surface area contributed by atoms with E-state index < -0.39 is 0 Å². The Morgan fingerprint density at radius 3 is 3.15 bits per heavy atom. The van der Waals surface area contributed by atoms with Crippen LogP contribution in [0.4, 0.5) is 0 Å². The van der Waals surface area contributed by atoms with Crippen molar-refractivity contribution in [1.29, 1.82) is 0 Å². The van der Waals surface area contributed by atoms with E-state index in [0.717, 1.165) is 24.4 Å². The normalized spacial score (nSPS) is 14.4. The van der Waals surface area contributed by atoms with E-state index in [9.17, 15) is 4.79 Å². The Bertz CT molecular complexity index is 556. The summed E-state index contributed by atoms with van der Waals surface area (Å²) in [5.41, 5.74) is 2.11. The summed E-state index contributed by atoms with van der Waals surface area (Å²) in [4.78, 5) is 11.7. The summed E-state index contributed by atoms with van der Waals surface area (Å²) < 4.78 is 1.84. The fourth-order valence-corrected chi connectivity index (χ4v) is 2.17. The van der Waals surface area contributed by atoms with Gasteiger partial charge in [0.1, 0.15) is 0 Å². The van der Waals surface area contributed by atoms with Crippen LogP contribution in [0.3, 0.4) is 0 Å². The summed E-state index contributed by atoms with van der Waals surface area (Å²) in [6.07, 6.45) is 7.44. The molecular weight excluding hydrogens is 254 g/mol. The standard InChI is InChI=1S/C14H19N5O/c20-14(3-1-7-19-8-2-6-16-19)15-10-12-9-13(18-17-12)11-4-5-11/h2,6,8-9,11H,1,3-5,7,10H2,(H,15,20)(H,17,18). The number of nitrogens with one attached hydrogen (secondary N) is 2. The molecule has 3 rings (SSSR count). The van der Waals surface area contributed by atoms with Crippen molar-refractivity contribution >= 4 is 5.91 Å². The molecule has 0 aromatic carbocycles. The van der Waals surface area contributed by atoms with Crippen LogP contribution in [0, 0.1) is 0 Å². The van der Waals surface area contributed by atoms with Crippen LogP contribution < -0.4 is 5.32 Å². The van der Waals surface area contributed by atoms with Crippen molar-refractivity contribution in [3.05, 3.63) is 35.9 Å². The molecule has 20 heavy (non-hydrogen) atoms. The molecule has 1 aliphatic rings. The maximum atomic E-state index is 11.7. The van der Waals surface area contributed by atoms with Crippen molar-refractivity contribution < 1.29 is 4.79 Å². The van der Waals surface area contributed by atoms with E-state index in [-0.39, 0.29) is 5.91 Å². The van der Waals surface area contributed by atoms with Crippen molar-refractivity contribution in [2.45, 2.75) is 44.7 Å². The fraction of sp³-hybridized carbons (Fsp3) is 0.500. The van der Waals surface area contributed by atoms with E-state index in [1.807, 2.05) is 16.9 Å². The van der Waals surface area contributed by atoms with Gasteiger partial charge < -0.3 is 5.32 Å². The van der Waals surface area contributed by atoms with Crippen LogP contribution in [0.25, 0.3) is 0 Å². The first-order chi connectivity index (χ1) is 9.81. The van der Waals surface area contributed by atoms with Gasteiger partial charge in [-0.1, -0.05) is 0 Å². The zero-order valence-corrected chi connectivity index (χ0v) is 11.4. The summed E-state index contributed by atoms with van der Waals surface area (Å²) in [6, 6.07) is 3.94. The van der Waals surface area contributed by atoms with Crippen LogP contribution >= 0.6 is 0 Å². The number of amides is 1. The van der Waals surface area contributed by atoms with Gasteiger partial charge in [-0.2, -0.15) is 10.2 Å². The van der Waals surface area contributed by atoms with E-state index in [2.05, 4.69) is 26.7 Å². The van der Waals surface area contributed by atoms with Crippen LogP contribution in [0.15, 0.2) is 24.5 Å². The lowest BCUT2D eigenvalue weighted by atomic mass is 10.2. The van der Waals surface area contributed by atoms with Crippen LogP contribution in [-0.2, 0) is 17.9 Å². The molecule has 2 N–H and O–H groups in total. The van der Waals surface area contributed by atoms with Gasteiger partial charge in [0.15, 0.2) is 0 Å². The van der Waals surface area contributed by atoms with E-state index in [1.165, 1.54) is 12.8 Å². The van der Waals surface area contributed by atoms with Crippen LogP contribution in [0.1, 0.15) is 43.0 Å². The molecule has 0 bridgehead atoms. The zero-order chi connectivity index (χ0) is 13.8. The third kappa shape index (κ3) is 3.46. The number of rotatable bonds is 7. The maximum absolute atomic E-state index is 11.7. The Labute approximate surface area is 117 Å². The fourth-order valence-electron chi connectivity index (χ4n) is 2.17. The second kappa shape index (κ2) is 5.90. The lowest BCUT2D eigenvalue weighted by molar-refractivity contribution is -0.121. The van der Waals surface area contributed by atoms with Crippen molar-refractivity contribution in [2.75, 3.05) is 0 Å². The highest BCUT2D eigenvalue weighted by Crippen LogP contribution is 2.38. The number of aromatic nitrogens is 4. The smallest absolute Gasteiger partial charge is 0.220 e. The van der Waals surface area contributed by atoms with Crippen molar-refractivity contribution in [3.63, 3.8) is 0 Å². The minimum Gasteiger partial charge on any atom is -0.350 e. The van der Waals surface area contributed by atoms with Gasteiger partial charge in [0.2, 0.25) is 5.91 Å². The monoisotopic (exact) mass is 273 g/mol. The molecular formula is C14H19N5O. The van der Waals surface area contributed by atoms with Gasteiger partial charge in [-0.15, -0.1) is 0 Å². The lowest BCUT2D eigenvalue weighted by Crippen LogP contribution is -2.23. The number of aromatic amines is 1. The quantitative estimate of drug-likeness (QED) is 0.804. The summed E-state index contributed by atoms with van der Waals surface area (Å²) >= 11 is 0. The Morgan fingerprint density at radius 1 is 1.50 bits per heavy atom. The molecule has 0 atom stereocenters. The van der Waals surface area contributed by atoms with Gasteiger partial charge in [0, 0.05) is 31.3 Å². The summed E-state index contributed by atoms with van der Waals surface area (Å²) in [5.74, 6) is 0.713. The first-order valence-electron chi connectivity index (χ1n) is 7.09. The minimum atomic E-state index is 0.0692. The average molecular weight is 273 g/mol. The van der Waals surface area contributed by atoms with Crippen molar-refractivity contribution in [3.8, 4) is 0 Å². The highest BCUT2D eigenvalue weighted by Gasteiger charge is 2.25. The average Bonchev–Trinajstić information content (AvgIpc) is 2.98. The first-order valence-corrected chi connectivity index (χ1v) is 7.09. The Balaban J connectivity index is 1.35. The number of aryl methyl sites for hydroxylation is 1. The van der Waals surface area contributed by atoms with E-state index >= 15 is 0 Å². The molecule has 0 unspecified atom stereocenters. The largest absolute Gasteiger partial charge is 0.350 e. The van der Waals surface area contributed by atoms with E-state index in [4.69, 9.17) is 0 Å². The molecule has 1 aliphatic carbocycles. The molecule has 0 radical (unpaired) electrons. The zero-order valence-electron chi connectivity index (χ0n) is 11.4. The molecule has 2 heterocycles. The predicted molar refractivity (Wildman–Crippen MR) is 73.9 cm³/mol. The summed E-state index contributed by atoms with van der Waals surface area (Å²) in [6.45, 7) is 1.30. The Kier molecular flexibility index (Phi) is 3.80. The number of hydrogen-bond acceptors (Lipinski definition) is 3. The molecule has 2 aromatic heterocycles. The number of H-pyrrole nitrogens is 1. The molecule has 1 fully saturated rings. The SMILES string of the molecule is O=C(CCCn1cccn1)NCc1cc(C2CC2)n[nH]1. The molecule has 0 aliphatic heterocycles. The van der Waals surface area contributed by atoms with Gasteiger partial charge in [0.25, 0.3) is 0 Å². The van der Waals surface area contributed by atoms with E-state index in [0.29, 0.717) is 18.9 Å². The highest BCUT2D eigenvalue weighted by atomic mass is 16.1. The molecule has 6 heteroatoms. The van der Waals surface area contributed by atoms with Crippen molar-refractivity contribution in [1.82, 2.24) is 25.3 Å². The third-order valence-electron chi connectivity index (χ3n) is 3.47. The van der Waals surface area contributed by atoms with E-state index in [1.54, 1.807) is 6.20 Å². The van der Waals surface area contributed by atoms with Gasteiger partial charge in [-0.05, 0) is 31.4 Å². The van der Waals surface area contributed by atoms with Crippen molar-refractivity contribution in [2.24, 2.45) is 0 Å². The van der Waals surface area contributed by atoms with Gasteiger partial charge in [-0.25, -0.2) is 0 Å². The number of carbonyl (C=O) groups excluding carboxylic acids is 1. The minimum absolute atomic E-state index is 0.0692. The summed E-state index contributed by atoms with van der Waals surface area (Å²) in [5, 5.41) is 14.3. The Hall–Kier alpha value is -2.11. The van der Waals surface area contributed by atoms with Gasteiger partial charge >= 0.3 is 0 Å². The maximum Gasteiger partial charge on any atom is 0.220 e.